The Hall–Kier alpha value is -1.47. The van der Waals surface area contributed by atoms with Crippen molar-refractivity contribution in [3.05, 3.63) is 16.1 Å². The van der Waals surface area contributed by atoms with E-state index >= 15 is 0 Å². The van der Waals surface area contributed by atoms with E-state index in [-0.39, 0.29) is 17.7 Å². The van der Waals surface area contributed by atoms with Crippen molar-refractivity contribution in [3.8, 4) is 0 Å². The fraction of sp³-hybridized carbons (Fsp3) is 0.667. The van der Waals surface area contributed by atoms with Crippen LogP contribution in [0.3, 0.4) is 0 Å². The molecular formula is C15H23N3O3S. The minimum absolute atomic E-state index is 0.00293. The number of amides is 2. The number of nitrogens with one attached hydrogen (secondary N) is 1. The second kappa shape index (κ2) is 8.24. The molecule has 0 aliphatic carbocycles. The number of carbonyl (C=O) groups is 2. The second-order valence-electron chi connectivity index (χ2n) is 5.37. The fourth-order valence-corrected chi connectivity index (χ4v) is 3.26. The van der Waals surface area contributed by atoms with Gasteiger partial charge >= 0.3 is 0 Å². The number of rotatable bonds is 7. The van der Waals surface area contributed by atoms with Crippen LogP contribution in [0.1, 0.15) is 30.5 Å². The summed E-state index contributed by atoms with van der Waals surface area (Å²) in [6, 6.07) is 0. The lowest BCUT2D eigenvalue weighted by molar-refractivity contribution is -0.138. The van der Waals surface area contributed by atoms with E-state index in [1.807, 2.05) is 5.38 Å². The average Bonchev–Trinajstić information content (AvgIpc) is 3.00. The van der Waals surface area contributed by atoms with E-state index in [1.54, 1.807) is 23.3 Å². The predicted molar refractivity (Wildman–Crippen MR) is 84.5 cm³/mol. The van der Waals surface area contributed by atoms with Crippen molar-refractivity contribution in [3.63, 3.8) is 0 Å². The summed E-state index contributed by atoms with van der Waals surface area (Å²) in [7, 11) is 1.61. The molecule has 0 spiro atoms. The van der Waals surface area contributed by atoms with Crippen LogP contribution in [0, 0.1) is 5.92 Å². The Morgan fingerprint density at radius 1 is 1.59 bits per heavy atom. The highest BCUT2D eigenvalue weighted by atomic mass is 32.1. The quantitative estimate of drug-likeness (QED) is 0.818. The molecule has 1 atom stereocenters. The summed E-state index contributed by atoms with van der Waals surface area (Å²) < 4.78 is 5.01. The summed E-state index contributed by atoms with van der Waals surface area (Å²) in [5.41, 5.74) is 1.06. The molecular weight excluding hydrogens is 302 g/mol. The number of hydrogen-bond acceptors (Lipinski definition) is 5. The first-order valence-electron chi connectivity index (χ1n) is 7.61. The number of nitrogens with zero attached hydrogens (tertiary/aromatic N) is 2. The van der Waals surface area contributed by atoms with Crippen molar-refractivity contribution >= 4 is 23.2 Å². The Bertz CT molecular complexity index is 518. The van der Waals surface area contributed by atoms with Gasteiger partial charge in [-0.15, -0.1) is 11.3 Å². The zero-order valence-electron chi connectivity index (χ0n) is 13.1. The largest absolute Gasteiger partial charge is 0.383 e. The van der Waals surface area contributed by atoms with Gasteiger partial charge in [-0.3, -0.25) is 9.59 Å². The third kappa shape index (κ3) is 4.51. The van der Waals surface area contributed by atoms with Gasteiger partial charge in [0.2, 0.25) is 11.8 Å². The highest BCUT2D eigenvalue weighted by Crippen LogP contribution is 2.18. The Kier molecular flexibility index (Phi) is 6.33. The first-order valence-corrected chi connectivity index (χ1v) is 8.49. The molecule has 0 bridgehead atoms. The molecule has 122 valence electrons. The molecule has 2 rings (SSSR count). The third-order valence-corrected chi connectivity index (χ3v) is 4.71. The van der Waals surface area contributed by atoms with Gasteiger partial charge in [0, 0.05) is 32.0 Å². The number of likely N-dealkylation sites (tertiary alicyclic amines) is 1. The van der Waals surface area contributed by atoms with Crippen LogP contribution in [0.25, 0.3) is 0 Å². The van der Waals surface area contributed by atoms with E-state index in [0.29, 0.717) is 39.1 Å². The van der Waals surface area contributed by atoms with Gasteiger partial charge in [-0.25, -0.2) is 4.98 Å². The Morgan fingerprint density at radius 3 is 3.09 bits per heavy atom. The topological polar surface area (TPSA) is 71.5 Å². The van der Waals surface area contributed by atoms with Gasteiger partial charge in [0.1, 0.15) is 5.01 Å². The van der Waals surface area contributed by atoms with E-state index in [4.69, 9.17) is 4.74 Å². The number of carbonyl (C=O) groups excluding carboxylic acids is 2. The van der Waals surface area contributed by atoms with Crippen molar-refractivity contribution in [2.75, 3.05) is 26.8 Å². The molecule has 1 aromatic heterocycles. The number of hydrogen-bond donors (Lipinski definition) is 1. The van der Waals surface area contributed by atoms with E-state index in [2.05, 4.69) is 17.2 Å². The fourth-order valence-electron chi connectivity index (χ4n) is 2.45. The highest BCUT2D eigenvalue weighted by molar-refractivity contribution is 7.09. The lowest BCUT2D eigenvalue weighted by Crippen LogP contribution is -2.46. The van der Waals surface area contributed by atoms with Gasteiger partial charge in [-0.05, 0) is 12.8 Å². The average molecular weight is 325 g/mol. The molecule has 0 aromatic carbocycles. The van der Waals surface area contributed by atoms with Gasteiger partial charge in [-0.1, -0.05) is 6.92 Å². The molecule has 0 radical (unpaired) electrons. The molecule has 1 aliphatic rings. The maximum absolute atomic E-state index is 12.3. The zero-order valence-corrected chi connectivity index (χ0v) is 13.9. The van der Waals surface area contributed by atoms with E-state index < -0.39 is 0 Å². The SMILES string of the molecule is CCc1csc(CNC(=O)C2CCC(=O)N(CCOC)C2)n1. The van der Waals surface area contributed by atoms with Crippen LogP contribution >= 0.6 is 11.3 Å². The summed E-state index contributed by atoms with van der Waals surface area (Å²) in [6.07, 6.45) is 1.95. The standard InChI is InChI=1S/C15H23N3O3S/c1-3-12-10-22-13(17-12)8-16-15(20)11-4-5-14(19)18(9-11)6-7-21-2/h10-11H,3-9H2,1-2H3,(H,16,20). The van der Waals surface area contributed by atoms with Crippen LogP contribution in [-0.2, 0) is 27.3 Å². The van der Waals surface area contributed by atoms with Crippen molar-refractivity contribution < 1.29 is 14.3 Å². The van der Waals surface area contributed by atoms with Crippen molar-refractivity contribution in [1.29, 1.82) is 0 Å². The summed E-state index contributed by atoms with van der Waals surface area (Å²) >= 11 is 1.57. The molecule has 1 aliphatic heterocycles. The van der Waals surface area contributed by atoms with E-state index in [0.717, 1.165) is 17.1 Å². The van der Waals surface area contributed by atoms with Gasteiger partial charge in [-0.2, -0.15) is 0 Å². The van der Waals surface area contributed by atoms with Crippen LogP contribution < -0.4 is 5.32 Å². The monoisotopic (exact) mass is 325 g/mol. The van der Waals surface area contributed by atoms with Crippen LogP contribution in [0.2, 0.25) is 0 Å². The number of piperidine rings is 1. The summed E-state index contributed by atoms with van der Waals surface area (Å²) in [6.45, 7) is 4.05. The van der Waals surface area contributed by atoms with Crippen molar-refractivity contribution in [1.82, 2.24) is 15.2 Å². The first-order chi connectivity index (χ1) is 10.6. The maximum atomic E-state index is 12.3. The van der Waals surface area contributed by atoms with Gasteiger partial charge in [0.05, 0.1) is 24.8 Å². The molecule has 2 amide bonds. The molecule has 1 unspecified atom stereocenters. The van der Waals surface area contributed by atoms with Gasteiger partial charge in [0.15, 0.2) is 0 Å². The zero-order chi connectivity index (χ0) is 15.9. The molecule has 7 heteroatoms. The number of methoxy groups -OCH3 is 1. The maximum Gasteiger partial charge on any atom is 0.225 e. The number of thiazole rings is 1. The first kappa shape index (κ1) is 16.9. The predicted octanol–water partition coefficient (Wildman–Crippen LogP) is 1.21. The van der Waals surface area contributed by atoms with Crippen LogP contribution in [-0.4, -0.2) is 48.5 Å². The molecule has 22 heavy (non-hydrogen) atoms. The normalized spacial score (nSPS) is 18.5. The van der Waals surface area contributed by atoms with Crippen LogP contribution in [0.4, 0.5) is 0 Å². The number of ether oxygens (including phenoxy) is 1. The van der Waals surface area contributed by atoms with Crippen molar-refractivity contribution in [2.45, 2.75) is 32.7 Å². The molecule has 6 nitrogen and oxygen atoms in total. The Balaban J connectivity index is 1.82. The van der Waals surface area contributed by atoms with Crippen molar-refractivity contribution in [2.24, 2.45) is 5.92 Å². The molecule has 1 aromatic rings. The number of aryl methyl sites for hydroxylation is 1. The second-order valence-corrected chi connectivity index (χ2v) is 6.31. The Labute approximate surface area is 134 Å². The molecule has 1 fully saturated rings. The van der Waals surface area contributed by atoms with Crippen LogP contribution in [0.5, 0.6) is 0 Å². The molecule has 2 heterocycles. The van der Waals surface area contributed by atoms with Gasteiger partial charge in [0.25, 0.3) is 0 Å². The van der Waals surface area contributed by atoms with E-state index in [1.165, 1.54) is 0 Å². The van der Waals surface area contributed by atoms with E-state index in [9.17, 15) is 9.59 Å². The molecule has 0 saturated carbocycles. The summed E-state index contributed by atoms with van der Waals surface area (Å²) in [4.78, 5) is 30.2. The lowest BCUT2D eigenvalue weighted by atomic mass is 9.96. The van der Waals surface area contributed by atoms with Gasteiger partial charge < -0.3 is 15.0 Å². The molecule has 1 saturated heterocycles. The number of aromatic nitrogens is 1. The summed E-state index contributed by atoms with van der Waals surface area (Å²) in [5, 5.41) is 5.88. The molecule has 1 N–H and O–H groups in total. The minimum atomic E-state index is -0.139. The lowest BCUT2D eigenvalue weighted by Gasteiger charge is -2.31. The smallest absolute Gasteiger partial charge is 0.225 e. The Morgan fingerprint density at radius 2 is 2.41 bits per heavy atom. The summed E-state index contributed by atoms with van der Waals surface area (Å²) in [5.74, 6) is -0.0306. The van der Waals surface area contributed by atoms with Crippen LogP contribution in [0.15, 0.2) is 5.38 Å². The minimum Gasteiger partial charge on any atom is -0.383 e. The third-order valence-electron chi connectivity index (χ3n) is 3.81. The highest BCUT2D eigenvalue weighted by Gasteiger charge is 2.29.